The molecule has 7 heteroatoms. The number of rotatable bonds is 7. The second-order valence-corrected chi connectivity index (χ2v) is 8.68. The summed E-state index contributed by atoms with van der Waals surface area (Å²) in [7, 11) is 1.56. The summed E-state index contributed by atoms with van der Waals surface area (Å²) in [5.74, 6) is -1.06. The van der Waals surface area contributed by atoms with Crippen molar-refractivity contribution in [1.29, 1.82) is 0 Å². The van der Waals surface area contributed by atoms with Gasteiger partial charge in [-0.15, -0.1) is 0 Å². The number of benzene rings is 2. The lowest BCUT2D eigenvalue weighted by Crippen LogP contribution is -2.51. The lowest BCUT2D eigenvalue weighted by atomic mass is 10.0. The van der Waals surface area contributed by atoms with Gasteiger partial charge in [0.1, 0.15) is 6.04 Å². The van der Waals surface area contributed by atoms with Crippen LogP contribution in [0.15, 0.2) is 46.9 Å². The Kier molecular flexibility index (Phi) is 8.17. The maximum absolute atomic E-state index is 12.9. The van der Waals surface area contributed by atoms with Crippen molar-refractivity contribution >= 4 is 39.3 Å². The minimum atomic E-state index is -0.731. The highest BCUT2D eigenvalue weighted by Gasteiger charge is 2.28. The topological polar surface area (TPSA) is 78.5 Å². The summed E-state index contributed by atoms with van der Waals surface area (Å²) >= 11 is 3.39. The molecule has 2 rings (SSSR count). The molecule has 2 aromatic rings. The van der Waals surface area contributed by atoms with E-state index in [4.69, 9.17) is 0 Å². The van der Waals surface area contributed by atoms with Crippen molar-refractivity contribution < 1.29 is 14.4 Å². The minimum absolute atomic E-state index is 0.113. The van der Waals surface area contributed by atoms with Crippen molar-refractivity contribution in [2.75, 3.05) is 18.9 Å². The highest BCUT2D eigenvalue weighted by molar-refractivity contribution is 9.10. The van der Waals surface area contributed by atoms with Crippen LogP contribution >= 0.6 is 15.9 Å². The number of nitrogens with one attached hydrogen (secondary N) is 2. The normalized spacial score (nSPS) is 11.7. The van der Waals surface area contributed by atoms with E-state index in [2.05, 4.69) is 26.6 Å². The smallest absolute Gasteiger partial charge is 0.251 e. The van der Waals surface area contributed by atoms with Crippen LogP contribution < -0.4 is 10.6 Å². The molecule has 0 spiro atoms. The zero-order valence-electron chi connectivity index (χ0n) is 18.0. The first kappa shape index (κ1) is 23.6. The Bertz CT molecular complexity index is 926. The van der Waals surface area contributed by atoms with Gasteiger partial charge in [-0.2, -0.15) is 0 Å². The van der Waals surface area contributed by atoms with Crippen LogP contribution in [-0.2, 0) is 9.59 Å². The molecular weight excluding hydrogens is 446 g/mol. The number of likely N-dealkylation sites (N-methyl/N-ethyl adjacent to an activating group) is 1. The first-order valence-corrected chi connectivity index (χ1v) is 10.6. The van der Waals surface area contributed by atoms with E-state index in [1.165, 1.54) is 4.90 Å². The van der Waals surface area contributed by atoms with Gasteiger partial charge < -0.3 is 15.5 Å². The molecule has 30 heavy (non-hydrogen) atoms. The fourth-order valence-electron chi connectivity index (χ4n) is 2.93. The van der Waals surface area contributed by atoms with Gasteiger partial charge in [-0.3, -0.25) is 14.4 Å². The number of halogens is 1. The molecule has 0 aliphatic carbocycles. The third kappa shape index (κ3) is 6.42. The van der Waals surface area contributed by atoms with Crippen molar-refractivity contribution in [3.05, 3.63) is 63.6 Å². The molecule has 0 radical (unpaired) electrons. The Morgan fingerprint density at radius 3 is 2.23 bits per heavy atom. The number of carbonyl (C=O) groups excluding carboxylic acids is 3. The van der Waals surface area contributed by atoms with Crippen LogP contribution in [0.2, 0.25) is 0 Å². The van der Waals surface area contributed by atoms with Crippen LogP contribution in [-0.4, -0.2) is 42.3 Å². The number of amides is 3. The van der Waals surface area contributed by atoms with E-state index in [9.17, 15) is 14.4 Å². The molecule has 0 aromatic heterocycles. The van der Waals surface area contributed by atoms with Crippen molar-refractivity contribution in [2.24, 2.45) is 5.92 Å². The molecule has 0 aliphatic rings. The molecule has 1 atom stereocenters. The van der Waals surface area contributed by atoms with E-state index in [0.717, 1.165) is 15.6 Å². The first-order valence-electron chi connectivity index (χ1n) is 9.77. The highest BCUT2D eigenvalue weighted by Crippen LogP contribution is 2.20. The predicted octanol–water partition coefficient (Wildman–Crippen LogP) is 3.92. The fourth-order valence-corrected chi connectivity index (χ4v) is 3.41. The maximum atomic E-state index is 12.9. The second-order valence-electron chi connectivity index (χ2n) is 7.76. The van der Waals surface area contributed by atoms with Gasteiger partial charge in [0.05, 0.1) is 6.54 Å². The minimum Gasteiger partial charge on any atom is -0.340 e. The molecule has 0 bridgehead atoms. The number of aryl methyl sites for hydroxylation is 2. The van der Waals surface area contributed by atoms with Gasteiger partial charge in [0.2, 0.25) is 11.8 Å². The number of hydrogen-bond donors (Lipinski definition) is 2. The third-order valence-corrected chi connectivity index (χ3v) is 5.25. The lowest BCUT2D eigenvalue weighted by Gasteiger charge is -2.27. The molecule has 6 nitrogen and oxygen atoms in total. The standard InChI is InChI=1S/C23H28BrN3O3/c1-14(2)21(26-22(29)17-8-6-15(3)7-9-17)23(30)27(5)13-20(28)25-19-11-10-18(24)12-16(19)4/h6-12,14,21H,13H2,1-5H3,(H,25,28)(H,26,29). The Balaban J connectivity index is 2.02. The molecule has 0 saturated carbocycles. The van der Waals surface area contributed by atoms with Gasteiger partial charge in [-0.05, 0) is 55.7 Å². The van der Waals surface area contributed by atoms with E-state index >= 15 is 0 Å². The van der Waals surface area contributed by atoms with Gasteiger partial charge >= 0.3 is 0 Å². The predicted molar refractivity (Wildman–Crippen MR) is 122 cm³/mol. The largest absolute Gasteiger partial charge is 0.340 e. The quantitative estimate of drug-likeness (QED) is 0.639. The average molecular weight is 474 g/mol. The van der Waals surface area contributed by atoms with Crippen molar-refractivity contribution in [3.8, 4) is 0 Å². The Hall–Kier alpha value is -2.67. The Labute approximate surface area is 186 Å². The summed E-state index contributed by atoms with van der Waals surface area (Å²) < 4.78 is 0.925. The molecule has 0 aliphatic heterocycles. The van der Waals surface area contributed by atoms with Gasteiger partial charge in [-0.1, -0.05) is 47.5 Å². The Morgan fingerprint density at radius 1 is 1.03 bits per heavy atom. The zero-order valence-corrected chi connectivity index (χ0v) is 19.5. The number of nitrogens with zero attached hydrogens (tertiary/aromatic N) is 1. The average Bonchev–Trinajstić information content (AvgIpc) is 2.67. The number of hydrogen-bond acceptors (Lipinski definition) is 3. The highest BCUT2D eigenvalue weighted by atomic mass is 79.9. The maximum Gasteiger partial charge on any atom is 0.251 e. The van der Waals surface area contributed by atoms with E-state index in [-0.39, 0.29) is 30.2 Å². The molecule has 1 unspecified atom stereocenters. The van der Waals surface area contributed by atoms with E-state index < -0.39 is 6.04 Å². The molecule has 3 amide bonds. The summed E-state index contributed by atoms with van der Waals surface area (Å²) in [6, 6.07) is 12.0. The van der Waals surface area contributed by atoms with Crippen LogP contribution in [0.3, 0.4) is 0 Å². The molecule has 160 valence electrons. The van der Waals surface area contributed by atoms with Crippen molar-refractivity contribution in [3.63, 3.8) is 0 Å². The molecule has 2 aromatic carbocycles. The summed E-state index contributed by atoms with van der Waals surface area (Å²) in [6.45, 7) is 7.44. The first-order chi connectivity index (χ1) is 14.1. The molecule has 0 saturated heterocycles. The zero-order chi connectivity index (χ0) is 22.4. The van der Waals surface area contributed by atoms with E-state index in [0.29, 0.717) is 11.3 Å². The van der Waals surface area contributed by atoms with E-state index in [1.807, 2.05) is 52.0 Å². The number of carbonyl (C=O) groups is 3. The summed E-state index contributed by atoms with van der Waals surface area (Å²) in [4.78, 5) is 39.3. The second kappa shape index (κ2) is 10.4. The molecule has 0 fully saturated rings. The van der Waals surface area contributed by atoms with Crippen molar-refractivity contribution in [2.45, 2.75) is 33.7 Å². The SMILES string of the molecule is Cc1ccc(C(=O)NC(C(=O)N(C)CC(=O)Nc2ccc(Br)cc2C)C(C)C)cc1. The lowest BCUT2D eigenvalue weighted by molar-refractivity contribution is -0.135. The summed E-state index contributed by atoms with van der Waals surface area (Å²) in [5, 5.41) is 5.63. The van der Waals surface area contributed by atoms with Crippen LogP contribution in [0.1, 0.15) is 35.3 Å². The van der Waals surface area contributed by atoms with Gasteiger partial charge in [0.25, 0.3) is 5.91 Å². The fraction of sp³-hybridized carbons (Fsp3) is 0.348. The molecular formula is C23H28BrN3O3. The van der Waals surface area contributed by atoms with Crippen LogP contribution in [0.4, 0.5) is 5.69 Å². The van der Waals surface area contributed by atoms with Gasteiger partial charge in [-0.25, -0.2) is 0 Å². The monoisotopic (exact) mass is 473 g/mol. The third-order valence-electron chi connectivity index (χ3n) is 4.75. The molecule has 0 heterocycles. The van der Waals surface area contributed by atoms with Crippen LogP contribution in [0.25, 0.3) is 0 Å². The Morgan fingerprint density at radius 2 is 1.67 bits per heavy atom. The number of anilines is 1. The van der Waals surface area contributed by atoms with E-state index in [1.54, 1.807) is 25.2 Å². The van der Waals surface area contributed by atoms with Crippen LogP contribution in [0, 0.1) is 19.8 Å². The summed E-state index contributed by atoms with van der Waals surface area (Å²) in [6.07, 6.45) is 0. The van der Waals surface area contributed by atoms with Gasteiger partial charge in [0, 0.05) is 22.8 Å². The van der Waals surface area contributed by atoms with Crippen molar-refractivity contribution in [1.82, 2.24) is 10.2 Å². The van der Waals surface area contributed by atoms with Gasteiger partial charge in [0.15, 0.2) is 0 Å². The summed E-state index contributed by atoms with van der Waals surface area (Å²) in [5.41, 5.74) is 3.15. The molecule has 2 N–H and O–H groups in total. The van der Waals surface area contributed by atoms with Crippen LogP contribution in [0.5, 0.6) is 0 Å².